The van der Waals surface area contributed by atoms with Crippen LogP contribution in [0.2, 0.25) is 0 Å². The summed E-state index contributed by atoms with van der Waals surface area (Å²) >= 11 is 0. The number of methoxy groups -OCH3 is 1. The molecule has 0 bridgehead atoms. The van der Waals surface area contributed by atoms with Crippen LogP contribution in [0.3, 0.4) is 0 Å². The van der Waals surface area contributed by atoms with E-state index in [1.807, 2.05) is 12.1 Å². The Morgan fingerprint density at radius 1 is 1.03 bits per heavy atom. The van der Waals surface area contributed by atoms with Crippen LogP contribution in [0.1, 0.15) is 5.56 Å². The Bertz CT molecular complexity index is 1130. The van der Waals surface area contributed by atoms with Gasteiger partial charge in [-0.1, -0.05) is 30.3 Å². The number of carbonyl (C=O) groups excluding carboxylic acids is 1. The molecule has 2 aromatic carbocycles. The molecule has 0 spiro atoms. The van der Waals surface area contributed by atoms with Gasteiger partial charge in [-0.3, -0.25) is 25.3 Å². The van der Waals surface area contributed by atoms with Crippen molar-refractivity contribution in [2.75, 3.05) is 7.11 Å². The van der Waals surface area contributed by atoms with Crippen LogP contribution < -0.4 is 10.5 Å². The van der Waals surface area contributed by atoms with Crippen LogP contribution in [-0.2, 0) is 16.5 Å². The Morgan fingerprint density at radius 2 is 1.61 bits per heavy atom. The summed E-state index contributed by atoms with van der Waals surface area (Å²) in [5, 5.41) is 13.4. The molecule has 2 heterocycles. The van der Waals surface area contributed by atoms with Crippen LogP contribution in [0.4, 0.5) is 0 Å². The van der Waals surface area contributed by atoms with E-state index in [4.69, 9.17) is 20.4 Å². The summed E-state index contributed by atoms with van der Waals surface area (Å²) < 4.78 is 4.95. The molecule has 0 aliphatic heterocycles. The standard InChI is InChI=1S/C12H8N2.C9H11N3O3.Ni.H2O/c1-3-9-5-6-10-4-2-8-14-12(10)11(9)13-7-1;1-15-7-4-2-3-6(8(7)13)5-11-12-9(10)14;;/h1-8H;2-5H,1H3,(H4,10,11,12,13,14);;1H2/q;;+2;. The zero-order valence-electron chi connectivity index (χ0n) is 16.4. The summed E-state index contributed by atoms with van der Waals surface area (Å²) in [5.74, 6) is 0.648. The Labute approximate surface area is 188 Å². The van der Waals surface area contributed by atoms with Crippen LogP contribution in [-0.4, -0.2) is 44.7 Å². The van der Waals surface area contributed by atoms with Gasteiger partial charge in [-0.15, -0.1) is 0 Å². The minimum atomic E-state index is -0.624. The van der Waals surface area contributed by atoms with Crippen molar-refractivity contribution in [1.82, 2.24) is 9.97 Å². The first-order valence-corrected chi connectivity index (χ1v) is 8.62. The fourth-order valence-corrected chi connectivity index (χ4v) is 2.66. The van der Waals surface area contributed by atoms with Crippen molar-refractivity contribution in [3.8, 4) is 11.5 Å². The molecule has 0 saturated heterocycles. The predicted octanol–water partition coefficient (Wildman–Crippen LogP) is 2.86. The molecule has 0 aliphatic rings. The van der Waals surface area contributed by atoms with Crippen LogP contribution in [0.15, 0.2) is 72.1 Å². The smallest absolute Gasteiger partial charge is 0.870 e. The van der Waals surface area contributed by atoms with Gasteiger partial charge in [-0.05, 0) is 24.3 Å². The third kappa shape index (κ3) is 6.37. The molecule has 2 aromatic heterocycles. The first-order chi connectivity index (χ1) is 14.1. The maximum absolute atomic E-state index is 8.54. The summed E-state index contributed by atoms with van der Waals surface area (Å²) in [7, 11) is 1.48. The third-order valence-electron chi connectivity index (χ3n) is 3.98. The van der Waals surface area contributed by atoms with Gasteiger partial charge < -0.3 is 21.1 Å². The molecule has 0 radical (unpaired) electrons. The summed E-state index contributed by atoms with van der Waals surface area (Å²) in [6, 6.07) is 16.6. The summed E-state index contributed by atoms with van der Waals surface area (Å²) in [4.78, 5) is 17.2. The van der Waals surface area contributed by atoms with E-state index in [2.05, 4.69) is 44.8 Å². The van der Waals surface area contributed by atoms with Crippen LogP contribution in [0.25, 0.3) is 27.2 Å². The van der Waals surface area contributed by atoms with Gasteiger partial charge in [-0.2, -0.15) is 0 Å². The number of amides is 2. The van der Waals surface area contributed by atoms with E-state index >= 15 is 0 Å². The Hall–Kier alpha value is -3.75. The average Bonchev–Trinajstić information content (AvgIpc) is 2.75. The average molecular weight is 466 g/mol. The van der Waals surface area contributed by atoms with Gasteiger partial charge in [0, 0.05) is 29.4 Å². The Kier molecular flexibility index (Phi) is 9.84. The van der Waals surface area contributed by atoms with Crippen molar-refractivity contribution in [3.05, 3.63) is 78.0 Å². The van der Waals surface area contributed by atoms with E-state index in [9.17, 15) is 0 Å². The number of urea groups is 1. The summed E-state index contributed by atoms with van der Waals surface area (Å²) in [6.45, 7) is 0. The Balaban J connectivity index is 0.000000291. The van der Waals surface area contributed by atoms with E-state index in [1.54, 1.807) is 30.6 Å². The third-order valence-corrected chi connectivity index (χ3v) is 3.98. The first kappa shape index (κ1) is 25.3. The molecule has 4 aromatic rings. The topological polar surface area (TPSA) is 162 Å². The van der Waals surface area contributed by atoms with Gasteiger partial charge in [0.25, 0.3) is 0 Å². The number of nitrogens with zero attached hydrogens (tertiary/aromatic N) is 4. The van der Waals surface area contributed by atoms with Crippen molar-refractivity contribution < 1.29 is 36.6 Å². The number of primary amides is 1. The van der Waals surface area contributed by atoms with Crippen LogP contribution in [0.5, 0.6) is 11.5 Å². The predicted molar refractivity (Wildman–Crippen MR) is 117 cm³/mol. The fraction of sp³-hybridized carbons (Fsp3) is 0.0476. The number of fused-ring (bicyclic) bond motifs is 3. The van der Waals surface area contributed by atoms with Crippen molar-refractivity contribution in [2.24, 2.45) is 10.8 Å². The number of ether oxygens (including phenoxy) is 1. The Morgan fingerprint density at radius 3 is 2.13 bits per heavy atom. The second kappa shape index (κ2) is 12.1. The number of benzene rings is 2. The van der Waals surface area contributed by atoms with Crippen LogP contribution in [0, 0.1) is 0 Å². The molecular weight excluding hydrogens is 445 g/mol. The molecule has 0 aliphatic carbocycles. The van der Waals surface area contributed by atoms with Gasteiger partial charge in [0.15, 0.2) is 0 Å². The molecule has 0 fully saturated rings. The van der Waals surface area contributed by atoms with Crippen molar-refractivity contribution >= 4 is 34.1 Å². The molecule has 0 saturated carbocycles. The van der Waals surface area contributed by atoms with E-state index < -0.39 is 6.03 Å². The van der Waals surface area contributed by atoms with Gasteiger partial charge in [0.2, 0.25) is 5.75 Å². The molecule has 162 valence electrons. The molecule has 0 atom stereocenters. The van der Waals surface area contributed by atoms with Gasteiger partial charge >= 0.3 is 28.3 Å². The fourth-order valence-electron chi connectivity index (χ4n) is 2.66. The molecule has 6 N–H and O–H groups in total. The largest absolute Gasteiger partial charge is 2.00 e. The second-order valence-electron chi connectivity index (χ2n) is 5.84. The van der Waals surface area contributed by atoms with E-state index in [0.717, 1.165) is 21.8 Å². The molecular formula is C21H21N5NiO4+2. The van der Waals surface area contributed by atoms with Crippen molar-refractivity contribution in [3.63, 3.8) is 0 Å². The number of hydrogen-bond donors (Lipinski definition) is 1. The minimum Gasteiger partial charge on any atom is -0.870 e. The zero-order valence-corrected chi connectivity index (χ0v) is 17.4. The number of aromatic nitrogens is 2. The molecule has 9 nitrogen and oxygen atoms in total. The molecule has 0 unspecified atom stereocenters. The van der Waals surface area contributed by atoms with Crippen LogP contribution >= 0.6 is 0 Å². The van der Waals surface area contributed by atoms with Gasteiger partial charge in [-0.25, -0.2) is 0 Å². The monoisotopic (exact) mass is 465 g/mol. The number of rotatable bonds is 3. The summed E-state index contributed by atoms with van der Waals surface area (Å²) in [5.41, 5.74) is 10.6. The van der Waals surface area contributed by atoms with E-state index in [1.165, 1.54) is 13.3 Å². The second-order valence-corrected chi connectivity index (χ2v) is 5.84. The van der Waals surface area contributed by atoms with E-state index in [-0.39, 0.29) is 27.7 Å². The first-order valence-electron chi connectivity index (χ1n) is 8.62. The molecule has 31 heavy (non-hydrogen) atoms. The molecule has 4 rings (SSSR count). The van der Waals surface area contributed by atoms with Gasteiger partial charge in [0.1, 0.15) is 0 Å². The maximum Gasteiger partial charge on any atom is 2.00 e. The molecule has 10 heteroatoms. The normalized spacial score (nSPS) is 9.84. The number of para-hydroxylation sites is 1. The number of nitrogens with two attached hydrogens (primary N) is 1. The van der Waals surface area contributed by atoms with Gasteiger partial charge in [0.05, 0.1) is 23.7 Å². The SMILES string of the molecule is COc1cccc(C=N[N-]C(N)=[OH+])c1[OH2+].[Ni+2].[OH-].c1cnc2c(c1)ccc1cccnc12. The van der Waals surface area contributed by atoms with Crippen molar-refractivity contribution in [1.29, 1.82) is 0 Å². The van der Waals surface area contributed by atoms with Crippen molar-refractivity contribution in [2.45, 2.75) is 0 Å². The zero-order chi connectivity index (χ0) is 20.6. The molecule has 2 amide bonds. The quantitative estimate of drug-likeness (QED) is 0.162. The summed E-state index contributed by atoms with van der Waals surface area (Å²) in [6.07, 6.45) is 4.92. The van der Waals surface area contributed by atoms with E-state index in [0.29, 0.717) is 11.3 Å². The maximum atomic E-state index is 8.54. The number of pyridine rings is 2. The minimum absolute atomic E-state index is 0. The number of hydrogen-bond acceptors (Lipinski definition) is 5.